The van der Waals surface area contributed by atoms with Crippen LogP contribution >= 0.6 is 11.8 Å². The number of nitrogens with one attached hydrogen (secondary N) is 2. The number of thioether (sulfide) groups is 1. The zero-order chi connectivity index (χ0) is 18.1. The third kappa shape index (κ3) is 3.91. The summed E-state index contributed by atoms with van der Waals surface area (Å²) in [6, 6.07) is 6.10. The fourth-order valence-electron chi connectivity index (χ4n) is 3.84. The van der Waals surface area contributed by atoms with Crippen molar-refractivity contribution in [1.82, 2.24) is 9.88 Å². The standard InChI is InChI=1S/C20H27FN4S/c1-25(2)8-7-16-12-26-20(23-16)18-10-13-9-14(21)11-17(19(13)24-18)22-15-5-3-4-6-15/h9-11,15-16,22,24H,3-8,12H2,1-2H3. The van der Waals surface area contributed by atoms with E-state index in [0.29, 0.717) is 12.1 Å². The normalized spacial score (nSPS) is 21.1. The predicted molar refractivity (Wildman–Crippen MR) is 110 cm³/mol. The number of H-pyrrole nitrogens is 1. The smallest absolute Gasteiger partial charge is 0.126 e. The van der Waals surface area contributed by atoms with Crippen molar-refractivity contribution in [3.05, 3.63) is 29.7 Å². The van der Waals surface area contributed by atoms with Crippen molar-refractivity contribution in [2.75, 3.05) is 31.7 Å². The van der Waals surface area contributed by atoms with Gasteiger partial charge in [-0.25, -0.2) is 4.39 Å². The van der Waals surface area contributed by atoms with Crippen molar-refractivity contribution in [2.24, 2.45) is 4.99 Å². The SMILES string of the molecule is CN(C)CCC1CSC(c2cc3cc(F)cc(NC4CCCC4)c3[nH]2)=N1. The number of aliphatic imine (C=N–C) groups is 1. The number of nitrogens with zero attached hydrogens (tertiary/aromatic N) is 2. The Kier molecular flexibility index (Phi) is 5.23. The minimum Gasteiger partial charge on any atom is -0.381 e. The van der Waals surface area contributed by atoms with E-state index in [4.69, 9.17) is 4.99 Å². The molecule has 1 fully saturated rings. The molecule has 0 amide bonds. The van der Waals surface area contributed by atoms with Crippen LogP contribution in [-0.2, 0) is 0 Å². The summed E-state index contributed by atoms with van der Waals surface area (Å²) in [7, 11) is 4.19. The molecule has 0 radical (unpaired) electrons. The molecule has 140 valence electrons. The number of aromatic nitrogens is 1. The first kappa shape index (κ1) is 17.9. The van der Waals surface area contributed by atoms with E-state index in [2.05, 4.69) is 29.3 Å². The Hall–Kier alpha value is -1.53. The molecule has 2 aromatic rings. The Morgan fingerprint density at radius 1 is 1.27 bits per heavy atom. The summed E-state index contributed by atoms with van der Waals surface area (Å²) in [5.41, 5.74) is 2.89. The van der Waals surface area contributed by atoms with Crippen LogP contribution in [0.3, 0.4) is 0 Å². The van der Waals surface area contributed by atoms with Crippen LogP contribution in [0.4, 0.5) is 10.1 Å². The lowest BCUT2D eigenvalue weighted by molar-refractivity contribution is 0.388. The van der Waals surface area contributed by atoms with Gasteiger partial charge in [0, 0.05) is 17.2 Å². The first-order valence-corrected chi connectivity index (χ1v) is 10.5. The molecule has 6 heteroatoms. The summed E-state index contributed by atoms with van der Waals surface area (Å²) >= 11 is 1.80. The van der Waals surface area contributed by atoms with Crippen LogP contribution in [0.15, 0.2) is 23.2 Å². The van der Waals surface area contributed by atoms with Gasteiger partial charge < -0.3 is 15.2 Å². The van der Waals surface area contributed by atoms with Crippen LogP contribution in [0.1, 0.15) is 37.8 Å². The van der Waals surface area contributed by atoms with Crippen LogP contribution < -0.4 is 5.32 Å². The van der Waals surface area contributed by atoms with Gasteiger partial charge in [0.15, 0.2) is 0 Å². The Morgan fingerprint density at radius 2 is 2.08 bits per heavy atom. The van der Waals surface area contributed by atoms with Crippen molar-refractivity contribution < 1.29 is 4.39 Å². The molecule has 2 N–H and O–H groups in total. The van der Waals surface area contributed by atoms with Crippen molar-refractivity contribution >= 4 is 33.4 Å². The summed E-state index contributed by atoms with van der Waals surface area (Å²) in [6.07, 6.45) is 5.93. The Balaban J connectivity index is 1.58. The van der Waals surface area contributed by atoms with Crippen LogP contribution in [-0.4, -0.2) is 53.4 Å². The van der Waals surface area contributed by atoms with E-state index < -0.39 is 0 Å². The molecule has 1 saturated carbocycles. The lowest BCUT2D eigenvalue weighted by Gasteiger charge is -2.14. The molecule has 1 atom stereocenters. The van der Waals surface area contributed by atoms with Gasteiger partial charge >= 0.3 is 0 Å². The number of halogens is 1. The Morgan fingerprint density at radius 3 is 2.85 bits per heavy atom. The lowest BCUT2D eigenvalue weighted by Crippen LogP contribution is -2.18. The molecular formula is C20H27FN4S. The highest BCUT2D eigenvalue weighted by atomic mass is 32.2. The molecule has 1 aliphatic carbocycles. The summed E-state index contributed by atoms with van der Waals surface area (Å²) in [5.74, 6) is 0.841. The maximum Gasteiger partial charge on any atom is 0.126 e. The molecule has 0 bridgehead atoms. The van der Waals surface area contributed by atoms with E-state index >= 15 is 0 Å². The zero-order valence-electron chi connectivity index (χ0n) is 15.5. The second-order valence-corrected chi connectivity index (χ2v) is 8.73. The Labute approximate surface area is 158 Å². The maximum atomic E-state index is 14.1. The van der Waals surface area contributed by atoms with Crippen LogP contribution in [0.5, 0.6) is 0 Å². The molecule has 2 aliphatic rings. The molecule has 1 aromatic carbocycles. The van der Waals surface area contributed by atoms with Crippen LogP contribution in [0, 0.1) is 5.82 Å². The van der Waals surface area contributed by atoms with Gasteiger partial charge in [0.05, 0.1) is 22.9 Å². The fraction of sp³-hybridized carbons (Fsp3) is 0.550. The second kappa shape index (κ2) is 7.61. The van der Waals surface area contributed by atoms with Crippen LogP contribution in [0.2, 0.25) is 0 Å². The summed E-state index contributed by atoms with van der Waals surface area (Å²) < 4.78 is 14.1. The number of hydrogen-bond donors (Lipinski definition) is 2. The van der Waals surface area contributed by atoms with Crippen molar-refractivity contribution in [3.63, 3.8) is 0 Å². The Bertz CT molecular complexity index is 807. The highest BCUT2D eigenvalue weighted by Crippen LogP contribution is 2.32. The maximum absolute atomic E-state index is 14.1. The lowest BCUT2D eigenvalue weighted by atomic mass is 10.2. The molecule has 1 aromatic heterocycles. The molecule has 2 heterocycles. The first-order valence-electron chi connectivity index (χ1n) is 9.53. The largest absolute Gasteiger partial charge is 0.381 e. The number of anilines is 1. The van der Waals surface area contributed by atoms with Crippen molar-refractivity contribution in [1.29, 1.82) is 0 Å². The number of hydrogen-bond acceptors (Lipinski definition) is 4. The highest BCUT2D eigenvalue weighted by Gasteiger charge is 2.22. The molecule has 0 saturated heterocycles. The molecule has 4 nitrogen and oxygen atoms in total. The number of aromatic amines is 1. The molecular weight excluding hydrogens is 347 g/mol. The number of benzene rings is 1. The highest BCUT2D eigenvalue weighted by molar-refractivity contribution is 8.14. The zero-order valence-corrected chi connectivity index (χ0v) is 16.3. The van der Waals surface area contributed by atoms with Gasteiger partial charge in [0.1, 0.15) is 10.9 Å². The quantitative estimate of drug-likeness (QED) is 0.784. The van der Waals surface area contributed by atoms with Gasteiger partial charge in [0.2, 0.25) is 0 Å². The minimum absolute atomic E-state index is 0.187. The van der Waals surface area contributed by atoms with Gasteiger partial charge in [-0.2, -0.15) is 0 Å². The number of rotatable bonds is 6. The van der Waals surface area contributed by atoms with Crippen LogP contribution in [0.25, 0.3) is 10.9 Å². The number of fused-ring (bicyclic) bond motifs is 1. The van der Waals surface area contributed by atoms with Crippen molar-refractivity contribution in [2.45, 2.75) is 44.2 Å². The molecule has 1 unspecified atom stereocenters. The average Bonchev–Trinajstić information content (AvgIpc) is 3.32. The summed E-state index contributed by atoms with van der Waals surface area (Å²) in [6.45, 7) is 1.05. The second-order valence-electron chi connectivity index (χ2n) is 7.72. The summed E-state index contributed by atoms with van der Waals surface area (Å²) in [5, 5.41) is 5.52. The van der Waals surface area contributed by atoms with E-state index in [1.807, 2.05) is 6.07 Å². The van der Waals surface area contributed by atoms with E-state index in [1.165, 1.54) is 25.7 Å². The van der Waals surface area contributed by atoms with E-state index in [1.54, 1.807) is 23.9 Å². The molecule has 26 heavy (non-hydrogen) atoms. The van der Waals surface area contributed by atoms with Gasteiger partial charge in [-0.3, -0.25) is 4.99 Å². The minimum atomic E-state index is -0.187. The monoisotopic (exact) mass is 374 g/mol. The third-order valence-electron chi connectivity index (χ3n) is 5.26. The molecule has 4 rings (SSSR count). The van der Waals surface area contributed by atoms with E-state index in [0.717, 1.165) is 46.0 Å². The molecule has 0 spiro atoms. The topological polar surface area (TPSA) is 43.4 Å². The van der Waals surface area contributed by atoms with Gasteiger partial charge in [-0.15, -0.1) is 11.8 Å². The first-order chi connectivity index (χ1) is 12.6. The van der Waals surface area contributed by atoms with Gasteiger partial charge in [-0.1, -0.05) is 12.8 Å². The molecule has 1 aliphatic heterocycles. The third-order valence-corrected chi connectivity index (χ3v) is 6.41. The average molecular weight is 375 g/mol. The van der Waals surface area contributed by atoms with Gasteiger partial charge in [-0.05, 0) is 58.1 Å². The van der Waals surface area contributed by atoms with E-state index in [-0.39, 0.29) is 5.82 Å². The van der Waals surface area contributed by atoms with Gasteiger partial charge in [0.25, 0.3) is 0 Å². The van der Waals surface area contributed by atoms with Crippen molar-refractivity contribution in [3.8, 4) is 0 Å². The van der Waals surface area contributed by atoms with E-state index in [9.17, 15) is 4.39 Å². The summed E-state index contributed by atoms with van der Waals surface area (Å²) in [4.78, 5) is 10.6. The fourth-order valence-corrected chi connectivity index (χ4v) is 4.93. The predicted octanol–water partition coefficient (Wildman–Crippen LogP) is 4.48.